The summed E-state index contributed by atoms with van der Waals surface area (Å²) >= 11 is 0. The Labute approximate surface area is 141 Å². The number of morpholine rings is 1. The fourth-order valence-corrected chi connectivity index (χ4v) is 3.52. The number of fused-ring (bicyclic) bond motifs is 1. The smallest absolute Gasteiger partial charge is 0.255 e. The number of rotatable bonds is 3. The molecular formula is C19H20N2O3. The van der Waals surface area contributed by atoms with Crippen LogP contribution in [0.1, 0.15) is 29.6 Å². The van der Waals surface area contributed by atoms with E-state index in [1.165, 1.54) is 0 Å². The topological polar surface area (TPSA) is 51.7 Å². The zero-order valence-corrected chi connectivity index (χ0v) is 13.4. The van der Waals surface area contributed by atoms with Gasteiger partial charge in [-0.25, -0.2) is 4.98 Å². The van der Waals surface area contributed by atoms with Gasteiger partial charge in [-0.3, -0.25) is 4.79 Å². The van der Waals surface area contributed by atoms with E-state index in [4.69, 9.17) is 9.47 Å². The molecule has 1 aromatic heterocycles. The zero-order valence-electron chi connectivity index (χ0n) is 13.4. The minimum atomic E-state index is 0.0361. The maximum atomic E-state index is 12.8. The number of ether oxygens (including phenoxy) is 2. The van der Waals surface area contributed by atoms with Gasteiger partial charge in [-0.15, -0.1) is 0 Å². The first-order valence-corrected chi connectivity index (χ1v) is 8.43. The Morgan fingerprint density at radius 3 is 2.83 bits per heavy atom. The van der Waals surface area contributed by atoms with Crippen LogP contribution in [0.2, 0.25) is 0 Å². The third-order valence-electron chi connectivity index (χ3n) is 4.69. The molecular weight excluding hydrogens is 304 g/mol. The van der Waals surface area contributed by atoms with E-state index < -0.39 is 0 Å². The normalized spacial score (nSPS) is 22.9. The van der Waals surface area contributed by atoms with Crippen LogP contribution in [0.4, 0.5) is 0 Å². The summed E-state index contributed by atoms with van der Waals surface area (Å²) in [6.07, 6.45) is 5.01. The monoisotopic (exact) mass is 324 g/mol. The van der Waals surface area contributed by atoms with Crippen molar-refractivity contribution in [3.63, 3.8) is 0 Å². The van der Waals surface area contributed by atoms with E-state index in [1.54, 1.807) is 18.3 Å². The van der Waals surface area contributed by atoms with Crippen molar-refractivity contribution >= 4 is 5.91 Å². The van der Waals surface area contributed by atoms with Gasteiger partial charge in [0.05, 0.1) is 24.3 Å². The van der Waals surface area contributed by atoms with E-state index in [9.17, 15) is 4.79 Å². The average Bonchev–Trinajstić information content (AvgIpc) is 3.11. The van der Waals surface area contributed by atoms with Gasteiger partial charge in [0.2, 0.25) is 5.88 Å². The molecule has 24 heavy (non-hydrogen) atoms. The van der Waals surface area contributed by atoms with E-state index in [2.05, 4.69) is 4.98 Å². The van der Waals surface area contributed by atoms with E-state index in [-0.39, 0.29) is 18.1 Å². The molecule has 1 saturated heterocycles. The lowest BCUT2D eigenvalue weighted by Gasteiger charge is -2.37. The van der Waals surface area contributed by atoms with Crippen LogP contribution in [0.25, 0.3) is 0 Å². The van der Waals surface area contributed by atoms with Crippen LogP contribution >= 0.6 is 0 Å². The Kier molecular flexibility index (Phi) is 4.17. The molecule has 4 rings (SSSR count). The summed E-state index contributed by atoms with van der Waals surface area (Å²) in [7, 11) is 0. The standard InChI is InChI=1S/C19H20N2O3/c22-19(21-11-12-23-17-8-4-7-16(17)21)14-9-10-18(20-13-14)24-15-5-2-1-3-6-15/h1-3,5-6,9-10,13,16-17H,4,7-8,11-12H2. The molecule has 1 saturated carbocycles. The van der Waals surface area contributed by atoms with Gasteiger partial charge in [-0.1, -0.05) is 18.2 Å². The number of hydrogen-bond acceptors (Lipinski definition) is 4. The Morgan fingerprint density at radius 1 is 1.17 bits per heavy atom. The van der Waals surface area contributed by atoms with Crippen molar-refractivity contribution in [3.8, 4) is 11.6 Å². The highest BCUT2D eigenvalue weighted by Crippen LogP contribution is 2.30. The summed E-state index contributed by atoms with van der Waals surface area (Å²) in [5.41, 5.74) is 0.600. The molecule has 0 radical (unpaired) electrons. The first kappa shape index (κ1) is 15.1. The second-order valence-corrected chi connectivity index (χ2v) is 6.21. The van der Waals surface area contributed by atoms with Gasteiger partial charge in [0.1, 0.15) is 5.75 Å². The highest BCUT2D eigenvalue weighted by molar-refractivity contribution is 5.94. The van der Waals surface area contributed by atoms with Gasteiger partial charge in [0.25, 0.3) is 5.91 Å². The molecule has 2 fully saturated rings. The molecule has 124 valence electrons. The van der Waals surface area contributed by atoms with E-state index >= 15 is 0 Å². The summed E-state index contributed by atoms with van der Waals surface area (Å²) in [4.78, 5) is 19.0. The molecule has 5 heteroatoms. The minimum Gasteiger partial charge on any atom is -0.439 e. The van der Waals surface area contributed by atoms with Crippen molar-refractivity contribution in [3.05, 3.63) is 54.2 Å². The maximum Gasteiger partial charge on any atom is 0.255 e. The van der Waals surface area contributed by atoms with E-state index in [1.807, 2.05) is 35.2 Å². The van der Waals surface area contributed by atoms with Crippen LogP contribution in [0.5, 0.6) is 11.6 Å². The van der Waals surface area contributed by atoms with Crippen molar-refractivity contribution in [2.45, 2.75) is 31.4 Å². The fourth-order valence-electron chi connectivity index (χ4n) is 3.52. The summed E-state index contributed by atoms with van der Waals surface area (Å²) < 4.78 is 11.4. The molecule has 2 unspecified atom stereocenters. The molecule has 0 N–H and O–H groups in total. The summed E-state index contributed by atoms with van der Waals surface area (Å²) in [6.45, 7) is 1.28. The number of hydrogen-bond donors (Lipinski definition) is 0. The summed E-state index contributed by atoms with van der Waals surface area (Å²) in [6, 6.07) is 13.2. The largest absolute Gasteiger partial charge is 0.439 e. The highest BCUT2D eigenvalue weighted by atomic mass is 16.5. The van der Waals surface area contributed by atoms with Crippen molar-refractivity contribution in [1.29, 1.82) is 0 Å². The number of aromatic nitrogens is 1. The maximum absolute atomic E-state index is 12.8. The van der Waals surface area contributed by atoms with Crippen LogP contribution in [-0.2, 0) is 4.74 Å². The molecule has 5 nitrogen and oxygen atoms in total. The number of carbonyl (C=O) groups is 1. The van der Waals surface area contributed by atoms with Crippen molar-refractivity contribution < 1.29 is 14.3 Å². The molecule has 2 atom stereocenters. The number of nitrogens with zero attached hydrogens (tertiary/aromatic N) is 2. The quantitative estimate of drug-likeness (QED) is 0.869. The molecule has 1 aliphatic heterocycles. The molecule has 2 aromatic rings. The summed E-state index contributed by atoms with van der Waals surface area (Å²) in [5.74, 6) is 1.25. The van der Waals surface area contributed by atoms with E-state index in [0.717, 1.165) is 25.0 Å². The van der Waals surface area contributed by atoms with Gasteiger partial charge in [-0.05, 0) is 37.5 Å². The Morgan fingerprint density at radius 2 is 2.04 bits per heavy atom. The highest BCUT2D eigenvalue weighted by Gasteiger charge is 2.38. The first-order valence-electron chi connectivity index (χ1n) is 8.43. The Balaban J connectivity index is 1.47. The summed E-state index contributed by atoms with van der Waals surface area (Å²) in [5, 5.41) is 0. The molecule has 2 aliphatic rings. The van der Waals surface area contributed by atoms with E-state index in [0.29, 0.717) is 24.6 Å². The van der Waals surface area contributed by atoms with Crippen LogP contribution in [0.3, 0.4) is 0 Å². The second kappa shape index (κ2) is 6.61. The fraction of sp³-hybridized carbons (Fsp3) is 0.368. The third-order valence-corrected chi connectivity index (χ3v) is 4.69. The molecule has 1 amide bonds. The predicted molar refractivity (Wildman–Crippen MR) is 89.2 cm³/mol. The van der Waals surface area contributed by atoms with Gasteiger partial charge in [-0.2, -0.15) is 0 Å². The molecule has 0 spiro atoms. The molecule has 2 heterocycles. The third kappa shape index (κ3) is 2.99. The number of amides is 1. The van der Waals surface area contributed by atoms with Gasteiger partial charge >= 0.3 is 0 Å². The molecule has 1 aliphatic carbocycles. The van der Waals surface area contributed by atoms with Crippen LogP contribution in [0, 0.1) is 0 Å². The Bertz CT molecular complexity index is 702. The second-order valence-electron chi connectivity index (χ2n) is 6.21. The zero-order chi connectivity index (χ0) is 16.4. The SMILES string of the molecule is O=C(c1ccc(Oc2ccccc2)nc1)N1CCOC2CCCC21. The van der Waals surface area contributed by atoms with Crippen LogP contribution < -0.4 is 4.74 Å². The van der Waals surface area contributed by atoms with Gasteiger partial charge in [0, 0.05) is 18.8 Å². The van der Waals surface area contributed by atoms with Crippen LogP contribution in [-0.4, -0.2) is 41.1 Å². The number of pyridine rings is 1. The van der Waals surface area contributed by atoms with Crippen molar-refractivity contribution in [1.82, 2.24) is 9.88 Å². The van der Waals surface area contributed by atoms with Gasteiger partial charge < -0.3 is 14.4 Å². The van der Waals surface area contributed by atoms with Crippen LogP contribution in [0.15, 0.2) is 48.7 Å². The van der Waals surface area contributed by atoms with Crippen molar-refractivity contribution in [2.75, 3.05) is 13.2 Å². The lowest BCUT2D eigenvalue weighted by Crippen LogP contribution is -2.51. The average molecular weight is 324 g/mol. The number of para-hydroxylation sites is 1. The lowest BCUT2D eigenvalue weighted by molar-refractivity contribution is -0.0445. The predicted octanol–water partition coefficient (Wildman–Crippen LogP) is 3.27. The first-order chi connectivity index (χ1) is 11.8. The molecule has 0 bridgehead atoms. The van der Waals surface area contributed by atoms with Gasteiger partial charge in [0.15, 0.2) is 0 Å². The lowest BCUT2D eigenvalue weighted by atomic mass is 10.1. The number of carbonyl (C=O) groups excluding carboxylic acids is 1. The minimum absolute atomic E-state index is 0.0361. The van der Waals surface area contributed by atoms with Crippen molar-refractivity contribution in [2.24, 2.45) is 0 Å². The Hall–Kier alpha value is -2.40. The molecule has 1 aromatic carbocycles. The number of benzene rings is 1.